The van der Waals surface area contributed by atoms with Crippen molar-refractivity contribution in [2.75, 3.05) is 26.9 Å². The average Bonchev–Trinajstić information content (AvgIpc) is 3.46. The SMILES string of the molecule is COc1ccc2c(c1)CC(c1nc3c(OCCN)cc(-c4cn[nH]c4)cc3s1)CO2. The van der Waals surface area contributed by atoms with Gasteiger partial charge in [-0.05, 0) is 47.9 Å². The number of ether oxygens (including phenoxy) is 3. The molecule has 0 saturated carbocycles. The van der Waals surface area contributed by atoms with Crippen LogP contribution in [0.5, 0.6) is 17.2 Å². The Labute approximate surface area is 177 Å². The number of fused-ring (bicyclic) bond motifs is 2. The average molecular weight is 423 g/mol. The highest BCUT2D eigenvalue weighted by molar-refractivity contribution is 7.18. The largest absolute Gasteiger partial charge is 0.497 e. The fourth-order valence-electron chi connectivity index (χ4n) is 3.70. The number of methoxy groups -OCH3 is 1. The first-order valence-corrected chi connectivity index (χ1v) is 10.6. The number of nitrogens with one attached hydrogen (secondary N) is 1. The van der Waals surface area contributed by atoms with Crippen LogP contribution in [0.4, 0.5) is 0 Å². The molecule has 1 atom stereocenters. The molecular formula is C22H22N4O3S. The Morgan fingerprint density at radius 2 is 2.20 bits per heavy atom. The maximum atomic E-state index is 6.01. The summed E-state index contributed by atoms with van der Waals surface area (Å²) in [6.07, 6.45) is 4.53. The molecule has 1 aliphatic rings. The van der Waals surface area contributed by atoms with E-state index in [4.69, 9.17) is 24.9 Å². The second kappa shape index (κ2) is 7.97. The lowest BCUT2D eigenvalue weighted by atomic mass is 9.97. The van der Waals surface area contributed by atoms with E-state index in [1.807, 2.05) is 30.5 Å². The molecule has 2 aromatic heterocycles. The van der Waals surface area contributed by atoms with Crippen LogP contribution >= 0.6 is 11.3 Å². The lowest BCUT2D eigenvalue weighted by molar-refractivity contribution is 0.261. The molecule has 0 radical (unpaired) electrons. The summed E-state index contributed by atoms with van der Waals surface area (Å²) in [7, 11) is 1.68. The second-order valence-electron chi connectivity index (χ2n) is 7.18. The van der Waals surface area contributed by atoms with Gasteiger partial charge in [0, 0.05) is 24.2 Å². The van der Waals surface area contributed by atoms with Crippen molar-refractivity contribution in [2.24, 2.45) is 5.73 Å². The Kier molecular flexibility index (Phi) is 5.02. The van der Waals surface area contributed by atoms with Gasteiger partial charge in [-0.15, -0.1) is 11.3 Å². The third-order valence-electron chi connectivity index (χ3n) is 5.21. The number of hydrogen-bond acceptors (Lipinski definition) is 7. The predicted octanol–water partition coefficient (Wildman–Crippen LogP) is 3.75. The van der Waals surface area contributed by atoms with Crippen LogP contribution in [0.2, 0.25) is 0 Å². The van der Waals surface area contributed by atoms with Crippen molar-refractivity contribution in [3.63, 3.8) is 0 Å². The normalized spacial score (nSPS) is 15.6. The lowest BCUT2D eigenvalue weighted by Crippen LogP contribution is -2.19. The Morgan fingerprint density at radius 3 is 3.00 bits per heavy atom. The summed E-state index contributed by atoms with van der Waals surface area (Å²) >= 11 is 1.68. The Balaban J connectivity index is 1.52. The summed E-state index contributed by atoms with van der Waals surface area (Å²) in [6, 6.07) is 10.1. The van der Waals surface area contributed by atoms with Crippen LogP contribution in [0.25, 0.3) is 21.3 Å². The van der Waals surface area contributed by atoms with Gasteiger partial charge < -0.3 is 19.9 Å². The van der Waals surface area contributed by atoms with Crippen molar-refractivity contribution in [1.82, 2.24) is 15.2 Å². The summed E-state index contributed by atoms with van der Waals surface area (Å²) in [6.45, 7) is 1.49. The molecule has 1 unspecified atom stereocenters. The van der Waals surface area contributed by atoms with Crippen LogP contribution in [0.15, 0.2) is 42.7 Å². The van der Waals surface area contributed by atoms with Crippen molar-refractivity contribution < 1.29 is 14.2 Å². The highest BCUT2D eigenvalue weighted by Crippen LogP contribution is 2.40. The first kappa shape index (κ1) is 18.9. The highest BCUT2D eigenvalue weighted by atomic mass is 32.1. The molecule has 8 heteroatoms. The number of thiazole rings is 1. The minimum absolute atomic E-state index is 0.182. The Hall–Kier alpha value is -3.10. The quantitative estimate of drug-likeness (QED) is 0.491. The van der Waals surface area contributed by atoms with Crippen LogP contribution < -0.4 is 19.9 Å². The van der Waals surface area contributed by atoms with Crippen molar-refractivity contribution in [3.05, 3.63) is 53.3 Å². The predicted molar refractivity (Wildman–Crippen MR) is 117 cm³/mol. The highest BCUT2D eigenvalue weighted by Gasteiger charge is 2.26. The fourth-order valence-corrected chi connectivity index (χ4v) is 4.81. The molecule has 0 spiro atoms. The summed E-state index contributed by atoms with van der Waals surface area (Å²) in [5.41, 5.74) is 9.71. The van der Waals surface area contributed by atoms with Gasteiger partial charge in [-0.2, -0.15) is 5.10 Å². The molecule has 0 fully saturated rings. The van der Waals surface area contributed by atoms with Gasteiger partial charge in [-0.1, -0.05) is 0 Å². The van der Waals surface area contributed by atoms with Crippen molar-refractivity contribution in [1.29, 1.82) is 0 Å². The van der Waals surface area contributed by atoms with E-state index in [0.29, 0.717) is 19.8 Å². The Morgan fingerprint density at radius 1 is 1.27 bits per heavy atom. The molecule has 2 aromatic carbocycles. The van der Waals surface area contributed by atoms with Gasteiger partial charge in [-0.25, -0.2) is 4.98 Å². The zero-order chi connectivity index (χ0) is 20.5. The molecule has 30 heavy (non-hydrogen) atoms. The topological polar surface area (TPSA) is 95.3 Å². The lowest BCUT2D eigenvalue weighted by Gasteiger charge is -2.24. The molecule has 154 valence electrons. The molecule has 0 aliphatic carbocycles. The summed E-state index contributed by atoms with van der Waals surface area (Å²) in [4.78, 5) is 4.95. The van der Waals surface area contributed by atoms with Gasteiger partial charge in [0.05, 0.1) is 24.6 Å². The molecule has 1 aliphatic heterocycles. The number of nitrogens with zero attached hydrogens (tertiary/aromatic N) is 2. The number of benzene rings is 2. The maximum absolute atomic E-state index is 6.01. The smallest absolute Gasteiger partial charge is 0.147 e. The minimum Gasteiger partial charge on any atom is -0.497 e. The van der Waals surface area contributed by atoms with Crippen molar-refractivity contribution >= 4 is 21.6 Å². The third kappa shape index (κ3) is 3.48. The number of rotatable bonds is 6. The summed E-state index contributed by atoms with van der Waals surface area (Å²) in [5, 5.41) is 7.97. The van der Waals surface area contributed by atoms with E-state index in [0.717, 1.165) is 55.6 Å². The van der Waals surface area contributed by atoms with Crippen LogP contribution in [0, 0.1) is 0 Å². The van der Waals surface area contributed by atoms with Crippen LogP contribution in [-0.4, -0.2) is 42.0 Å². The van der Waals surface area contributed by atoms with E-state index in [9.17, 15) is 0 Å². The van der Waals surface area contributed by atoms with E-state index in [1.165, 1.54) is 0 Å². The summed E-state index contributed by atoms with van der Waals surface area (Å²) < 4.78 is 18.4. The van der Waals surface area contributed by atoms with Crippen molar-refractivity contribution in [3.8, 4) is 28.4 Å². The molecule has 7 nitrogen and oxygen atoms in total. The number of nitrogens with two attached hydrogens (primary N) is 1. The minimum atomic E-state index is 0.182. The molecule has 3 heterocycles. The standard InChI is InChI=1S/C22H22N4O3S/c1-27-17-2-3-18-14(7-17)6-15(12-29-18)22-26-21-19(28-5-4-23)8-13(9-20(21)30-22)16-10-24-25-11-16/h2-3,7-11,15H,4-6,12,23H2,1H3,(H,24,25). The Bertz CT molecular complexity index is 1170. The zero-order valence-corrected chi connectivity index (χ0v) is 17.4. The molecule has 3 N–H and O–H groups in total. The fraction of sp³-hybridized carbons (Fsp3) is 0.273. The molecule has 0 bridgehead atoms. The van der Waals surface area contributed by atoms with Crippen LogP contribution in [0.1, 0.15) is 16.5 Å². The molecule has 5 rings (SSSR count). The van der Waals surface area contributed by atoms with Gasteiger partial charge >= 0.3 is 0 Å². The molecule has 0 saturated heterocycles. The third-order valence-corrected chi connectivity index (χ3v) is 6.37. The van der Waals surface area contributed by atoms with Gasteiger partial charge in [0.25, 0.3) is 0 Å². The van der Waals surface area contributed by atoms with Crippen molar-refractivity contribution in [2.45, 2.75) is 12.3 Å². The van der Waals surface area contributed by atoms with E-state index in [-0.39, 0.29) is 5.92 Å². The molecule has 4 aromatic rings. The van der Waals surface area contributed by atoms with E-state index >= 15 is 0 Å². The van der Waals surface area contributed by atoms with Gasteiger partial charge in [-0.3, -0.25) is 5.10 Å². The monoisotopic (exact) mass is 422 g/mol. The van der Waals surface area contributed by atoms with E-state index in [1.54, 1.807) is 24.6 Å². The van der Waals surface area contributed by atoms with Gasteiger partial charge in [0.1, 0.15) is 34.4 Å². The molecular weight excluding hydrogens is 400 g/mol. The molecule has 0 amide bonds. The van der Waals surface area contributed by atoms with E-state index in [2.05, 4.69) is 16.3 Å². The number of hydrogen-bond donors (Lipinski definition) is 2. The number of H-pyrrole nitrogens is 1. The van der Waals surface area contributed by atoms with Crippen LogP contribution in [0.3, 0.4) is 0 Å². The maximum Gasteiger partial charge on any atom is 0.147 e. The first-order chi connectivity index (χ1) is 14.7. The second-order valence-corrected chi connectivity index (χ2v) is 8.25. The number of aromatic amines is 1. The number of aromatic nitrogens is 3. The van der Waals surface area contributed by atoms with E-state index < -0.39 is 0 Å². The van der Waals surface area contributed by atoms with Gasteiger partial charge in [0.15, 0.2) is 0 Å². The summed E-state index contributed by atoms with van der Waals surface area (Å²) in [5.74, 6) is 2.68. The zero-order valence-electron chi connectivity index (χ0n) is 16.6. The first-order valence-electron chi connectivity index (χ1n) is 9.81. The van der Waals surface area contributed by atoms with Crippen LogP contribution in [-0.2, 0) is 6.42 Å². The van der Waals surface area contributed by atoms with Gasteiger partial charge in [0.2, 0.25) is 0 Å².